The van der Waals surface area contributed by atoms with Gasteiger partial charge in [-0.3, -0.25) is 4.79 Å². The van der Waals surface area contributed by atoms with E-state index in [4.69, 9.17) is 4.74 Å². The summed E-state index contributed by atoms with van der Waals surface area (Å²) >= 11 is 0. The van der Waals surface area contributed by atoms with Crippen molar-refractivity contribution in [3.05, 3.63) is 0 Å². The average molecular weight is 243 g/mol. The molecule has 0 aliphatic carbocycles. The molecule has 0 rings (SSSR count). The molecular weight excluding hydrogens is 214 g/mol. The van der Waals surface area contributed by atoms with E-state index in [0.29, 0.717) is 30.9 Å². The predicted molar refractivity (Wildman–Crippen MR) is 71.8 cm³/mol. The van der Waals surface area contributed by atoms with Crippen molar-refractivity contribution in [3.8, 4) is 0 Å². The number of carbonyl (C=O) groups excluding carboxylic acids is 1. The Morgan fingerprint density at radius 2 is 1.59 bits per heavy atom. The first-order valence-corrected chi connectivity index (χ1v) is 6.77. The summed E-state index contributed by atoms with van der Waals surface area (Å²) in [5.74, 6) is 1.82. The van der Waals surface area contributed by atoms with Crippen molar-refractivity contribution < 1.29 is 9.53 Å². The van der Waals surface area contributed by atoms with Gasteiger partial charge in [0.25, 0.3) is 0 Å². The van der Waals surface area contributed by atoms with E-state index < -0.39 is 0 Å². The Bertz CT molecular complexity index is 206. The van der Waals surface area contributed by atoms with Crippen LogP contribution in [0.5, 0.6) is 0 Å². The summed E-state index contributed by atoms with van der Waals surface area (Å²) in [4.78, 5) is 11.4. The number of ether oxygens (including phenoxy) is 1. The molecule has 3 nitrogen and oxygen atoms in total. The van der Waals surface area contributed by atoms with Crippen LogP contribution in [0.25, 0.3) is 0 Å². The Hall–Kier alpha value is -0.570. The minimum Gasteiger partial charge on any atom is -0.466 e. The minimum absolute atomic E-state index is 0.0603. The second-order valence-corrected chi connectivity index (χ2v) is 5.46. The summed E-state index contributed by atoms with van der Waals surface area (Å²) in [5, 5.41) is 3.39. The lowest BCUT2D eigenvalue weighted by Crippen LogP contribution is -2.34. The van der Waals surface area contributed by atoms with Crippen molar-refractivity contribution in [2.24, 2.45) is 23.7 Å². The highest BCUT2D eigenvalue weighted by molar-refractivity contribution is 5.72. The van der Waals surface area contributed by atoms with Gasteiger partial charge in [0.2, 0.25) is 0 Å². The Balaban J connectivity index is 3.92. The molecular formula is C14H29NO2. The Morgan fingerprint density at radius 3 is 2.00 bits per heavy atom. The highest BCUT2D eigenvalue weighted by Gasteiger charge is 2.18. The van der Waals surface area contributed by atoms with Crippen molar-refractivity contribution >= 4 is 5.97 Å². The number of hydrogen-bond donors (Lipinski definition) is 1. The number of hydrogen-bond acceptors (Lipinski definition) is 3. The molecule has 17 heavy (non-hydrogen) atoms. The molecule has 0 aliphatic heterocycles. The van der Waals surface area contributed by atoms with E-state index in [0.717, 1.165) is 6.54 Å². The number of carbonyl (C=O) groups is 1. The summed E-state index contributed by atoms with van der Waals surface area (Å²) in [7, 11) is 0. The zero-order valence-corrected chi connectivity index (χ0v) is 12.2. The Labute approximate surface area is 106 Å². The lowest BCUT2D eigenvalue weighted by Gasteiger charge is -2.25. The third kappa shape index (κ3) is 6.67. The van der Waals surface area contributed by atoms with Crippen LogP contribution in [0.1, 0.15) is 41.5 Å². The molecule has 0 aromatic heterocycles. The summed E-state index contributed by atoms with van der Waals surface area (Å²) in [6.07, 6.45) is 0. The normalized spacial score (nSPS) is 13.5. The van der Waals surface area contributed by atoms with Crippen LogP contribution < -0.4 is 5.32 Å². The van der Waals surface area contributed by atoms with Gasteiger partial charge in [0.15, 0.2) is 0 Å². The van der Waals surface area contributed by atoms with Crippen LogP contribution in [0.4, 0.5) is 0 Å². The molecule has 0 heterocycles. The van der Waals surface area contributed by atoms with E-state index in [9.17, 15) is 4.79 Å². The largest absolute Gasteiger partial charge is 0.466 e. The lowest BCUT2D eigenvalue weighted by atomic mass is 9.85. The van der Waals surface area contributed by atoms with Crippen molar-refractivity contribution in [1.82, 2.24) is 5.32 Å². The molecule has 0 saturated heterocycles. The summed E-state index contributed by atoms with van der Waals surface area (Å²) in [6.45, 7) is 14.9. The van der Waals surface area contributed by atoms with Crippen molar-refractivity contribution in [2.75, 3.05) is 19.7 Å². The highest BCUT2D eigenvalue weighted by atomic mass is 16.5. The molecule has 0 radical (unpaired) electrons. The zero-order chi connectivity index (χ0) is 13.4. The molecule has 3 heteroatoms. The van der Waals surface area contributed by atoms with Crippen LogP contribution >= 0.6 is 0 Å². The Kier molecular flexibility index (Phi) is 8.23. The van der Waals surface area contributed by atoms with Crippen molar-refractivity contribution in [2.45, 2.75) is 41.5 Å². The minimum atomic E-state index is -0.106. The first kappa shape index (κ1) is 16.4. The van der Waals surface area contributed by atoms with Gasteiger partial charge in [-0.2, -0.15) is 0 Å². The van der Waals surface area contributed by atoms with Crippen molar-refractivity contribution in [1.29, 1.82) is 0 Å². The second kappa shape index (κ2) is 8.51. The summed E-state index contributed by atoms with van der Waals surface area (Å²) < 4.78 is 4.98. The first-order chi connectivity index (χ1) is 7.90. The average Bonchev–Trinajstić information content (AvgIpc) is 2.23. The number of rotatable bonds is 8. The predicted octanol–water partition coefficient (Wildman–Crippen LogP) is 2.70. The van der Waals surface area contributed by atoms with Gasteiger partial charge >= 0.3 is 5.97 Å². The van der Waals surface area contributed by atoms with E-state index >= 15 is 0 Å². The molecule has 102 valence electrons. The fourth-order valence-corrected chi connectivity index (χ4v) is 2.08. The lowest BCUT2D eigenvalue weighted by molar-refractivity contribution is -0.147. The van der Waals surface area contributed by atoms with Gasteiger partial charge < -0.3 is 10.1 Å². The SMILES string of the molecule is CCOC(=O)C(C)CNCC(C(C)C)C(C)C. The summed E-state index contributed by atoms with van der Waals surface area (Å²) in [6, 6.07) is 0. The van der Waals surface area contributed by atoms with E-state index in [1.165, 1.54) is 0 Å². The quantitative estimate of drug-likeness (QED) is 0.666. The maximum absolute atomic E-state index is 11.4. The topological polar surface area (TPSA) is 38.3 Å². The highest BCUT2D eigenvalue weighted by Crippen LogP contribution is 2.19. The maximum Gasteiger partial charge on any atom is 0.309 e. The second-order valence-electron chi connectivity index (χ2n) is 5.46. The van der Waals surface area contributed by atoms with Gasteiger partial charge in [-0.25, -0.2) is 0 Å². The maximum atomic E-state index is 11.4. The summed E-state index contributed by atoms with van der Waals surface area (Å²) in [5.41, 5.74) is 0. The van der Waals surface area contributed by atoms with Crippen LogP contribution in [-0.2, 0) is 9.53 Å². The molecule has 1 N–H and O–H groups in total. The Morgan fingerprint density at radius 1 is 1.06 bits per heavy atom. The van der Waals surface area contributed by atoms with Gasteiger partial charge in [-0.15, -0.1) is 0 Å². The van der Waals surface area contributed by atoms with E-state index in [2.05, 4.69) is 33.0 Å². The molecule has 0 amide bonds. The molecule has 0 spiro atoms. The van der Waals surface area contributed by atoms with Crippen molar-refractivity contribution in [3.63, 3.8) is 0 Å². The molecule has 0 aromatic carbocycles. The van der Waals surface area contributed by atoms with Gasteiger partial charge in [0, 0.05) is 6.54 Å². The monoisotopic (exact) mass is 243 g/mol. The fourth-order valence-electron chi connectivity index (χ4n) is 2.08. The zero-order valence-electron chi connectivity index (χ0n) is 12.2. The van der Waals surface area contributed by atoms with Crippen LogP contribution in [0.15, 0.2) is 0 Å². The first-order valence-electron chi connectivity index (χ1n) is 6.77. The number of nitrogens with one attached hydrogen (secondary N) is 1. The molecule has 0 bridgehead atoms. The molecule has 0 aromatic rings. The van der Waals surface area contributed by atoms with E-state index in [-0.39, 0.29) is 11.9 Å². The molecule has 1 atom stereocenters. The third-order valence-electron chi connectivity index (χ3n) is 3.23. The van der Waals surface area contributed by atoms with Gasteiger partial charge in [0.05, 0.1) is 12.5 Å². The van der Waals surface area contributed by atoms with Crippen LogP contribution in [0, 0.1) is 23.7 Å². The van der Waals surface area contributed by atoms with Crippen LogP contribution in [-0.4, -0.2) is 25.7 Å². The fraction of sp³-hybridized carbons (Fsp3) is 0.929. The van der Waals surface area contributed by atoms with Crippen LogP contribution in [0.2, 0.25) is 0 Å². The molecule has 0 aliphatic rings. The van der Waals surface area contributed by atoms with Gasteiger partial charge in [-0.1, -0.05) is 34.6 Å². The third-order valence-corrected chi connectivity index (χ3v) is 3.23. The molecule has 0 fully saturated rings. The van der Waals surface area contributed by atoms with Gasteiger partial charge in [0.1, 0.15) is 0 Å². The molecule has 1 unspecified atom stereocenters. The number of esters is 1. The van der Waals surface area contributed by atoms with E-state index in [1.54, 1.807) is 0 Å². The van der Waals surface area contributed by atoms with Gasteiger partial charge in [-0.05, 0) is 31.2 Å². The van der Waals surface area contributed by atoms with Crippen LogP contribution in [0.3, 0.4) is 0 Å². The smallest absolute Gasteiger partial charge is 0.309 e. The molecule has 0 saturated carbocycles. The standard InChI is InChI=1S/C14H29NO2/c1-7-17-14(16)12(6)8-15-9-13(10(2)3)11(4)5/h10-13,15H,7-9H2,1-6H3. The van der Waals surface area contributed by atoms with E-state index in [1.807, 2.05) is 13.8 Å².